The van der Waals surface area contributed by atoms with Crippen molar-refractivity contribution in [3.8, 4) is 23.0 Å². The summed E-state index contributed by atoms with van der Waals surface area (Å²) in [5, 5.41) is 38.3. The maximum atomic E-state index is 13.0. The third kappa shape index (κ3) is 23.1. The molecule has 2 fully saturated rings. The Morgan fingerprint density at radius 1 is 0.377 bits per heavy atom. The van der Waals surface area contributed by atoms with Gasteiger partial charge in [0, 0.05) is 81.1 Å². The van der Waals surface area contributed by atoms with E-state index in [1.807, 2.05) is 24.3 Å². The summed E-state index contributed by atoms with van der Waals surface area (Å²) < 4.78 is 70.7. The summed E-state index contributed by atoms with van der Waals surface area (Å²) in [6.07, 6.45) is -13.0. The van der Waals surface area contributed by atoms with E-state index >= 15 is 0 Å². The molecule has 6 N–H and O–H groups in total. The molecule has 0 radical (unpaired) electrons. The number of esters is 8. The maximum Gasteiger partial charge on any atom is 0.303 e. The van der Waals surface area contributed by atoms with Crippen LogP contribution in [0.15, 0.2) is 48.5 Å². The van der Waals surface area contributed by atoms with Crippen molar-refractivity contribution in [2.45, 2.75) is 247 Å². The molecule has 0 amide bonds. The van der Waals surface area contributed by atoms with Gasteiger partial charge in [-0.25, -0.2) is 0 Å². The molecule has 2 aliphatic heterocycles. The molecule has 580 valence electrons. The van der Waals surface area contributed by atoms with Crippen LogP contribution in [0.3, 0.4) is 0 Å². The molecule has 1 aliphatic carbocycles. The van der Waals surface area contributed by atoms with Crippen molar-refractivity contribution in [1.29, 1.82) is 0 Å². The minimum Gasteiger partial charge on any atom is -0.507 e. The first-order valence-electron chi connectivity index (χ1n) is 35.3. The van der Waals surface area contributed by atoms with Crippen molar-refractivity contribution in [3.63, 3.8) is 0 Å². The van der Waals surface area contributed by atoms with Gasteiger partial charge in [0.05, 0.1) is 13.1 Å². The molecule has 4 aromatic rings. The lowest BCUT2D eigenvalue weighted by atomic mass is 9.79. The molecule has 0 spiro atoms. The van der Waals surface area contributed by atoms with Crippen molar-refractivity contribution in [2.75, 3.05) is 39.5 Å². The lowest BCUT2D eigenvalue weighted by Crippen LogP contribution is -2.66. The zero-order chi connectivity index (χ0) is 78.8. The first-order valence-corrected chi connectivity index (χ1v) is 36.1. The first kappa shape index (κ1) is 84.4. The molecule has 26 nitrogen and oxygen atoms in total. The van der Waals surface area contributed by atoms with Crippen LogP contribution in [0.1, 0.15) is 205 Å². The fraction of sp³-hybridized carbons (Fsp3) is 0.564. The van der Waals surface area contributed by atoms with Crippen LogP contribution in [0, 0.1) is 0 Å². The van der Waals surface area contributed by atoms with Crippen LogP contribution < -0.4 is 30.7 Å². The average molecular weight is 1510 g/mol. The van der Waals surface area contributed by atoms with Crippen LogP contribution in [0.2, 0.25) is 0 Å². The van der Waals surface area contributed by atoms with Crippen molar-refractivity contribution >= 4 is 82.4 Å². The Hall–Kier alpha value is -8.86. The van der Waals surface area contributed by atoms with E-state index in [9.17, 15) is 48.6 Å². The van der Waals surface area contributed by atoms with Crippen LogP contribution in [0.25, 0.3) is 0 Å². The highest BCUT2D eigenvalue weighted by Crippen LogP contribution is 2.44. The Morgan fingerprint density at radius 2 is 0.613 bits per heavy atom. The van der Waals surface area contributed by atoms with Gasteiger partial charge >= 0.3 is 47.8 Å². The lowest BCUT2D eigenvalue weighted by molar-refractivity contribution is -0.255. The molecule has 0 unspecified atom stereocenters. The number of fused-ring (bicyclic) bond motifs is 8. The van der Waals surface area contributed by atoms with Gasteiger partial charge in [0.1, 0.15) is 61.6 Å². The van der Waals surface area contributed by atoms with Gasteiger partial charge in [-0.05, 0) is 113 Å². The highest BCUT2D eigenvalue weighted by Gasteiger charge is 2.54. The predicted octanol–water partition coefficient (Wildman–Crippen LogP) is 8.82. The third-order valence-electron chi connectivity index (χ3n) is 17.8. The van der Waals surface area contributed by atoms with E-state index in [2.05, 4.69) is 129 Å². The fourth-order valence-electron chi connectivity index (χ4n) is 12.7. The second kappa shape index (κ2) is 35.2. The molecule has 8 bridgehead atoms. The monoisotopic (exact) mass is 1510 g/mol. The standard InChI is InChI=1S/C78H104N4O22S2/c1-39(83)95-37-59-65(97-41(3)85)67(99-43(5)87)69(101-45(7)89)71(103-59)81-73(105)79-21-23-93-63-51-25-47-29-55(75(9,10)11)31-49(61(47)91)27-53-35-58(78(18,19)20)36-54(28-50-32-56(76(12,13)14)30-48(62(50)92)26-52(63)34-57(33-51)77(15,16)17)64(53)94-24-22-80-74(106)82-72-70(102-46(8)90)68(100-44(6)88)66(98-42(4)86)60(104-72)38-96-40(2)84/h29-36,59-60,65-72,91-92H,21-28,37-38H2,1-20H3,(H2,79,81,105)(H2,80,82,106)/t59-,60-,65-,66-,67+,68+,69-,70-,71-,72-/m1/s1. The highest BCUT2D eigenvalue weighted by atomic mass is 32.1. The second-order valence-corrected chi connectivity index (χ2v) is 31.8. The van der Waals surface area contributed by atoms with Crippen LogP contribution in [0.5, 0.6) is 23.0 Å². The van der Waals surface area contributed by atoms with Crippen molar-refractivity contribution in [2.24, 2.45) is 0 Å². The van der Waals surface area contributed by atoms with Gasteiger partial charge in [0.15, 0.2) is 59.3 Å². The van der Waals surface area contributed by atoms with Crippen LogP contribution in [-0.2, 0) is 133 Å². The maximum absolute atomic E-state index is 13.0. The van der Waals surface area contributed by atoms with E-state index in [1.54, 1.807) is 0 Å². The zero-order valence-corrected chi connectivity index (χ0v) is 66.0. The Labute approximate surface area is 630 Å². The summed E-state index contributed by atoms with van der Waals surface area (Å²) >= 11 is 11.7. The van der Waals surface area contributed by atoms with E-state index in [4.69, 9.17) is 81.3 Å². The predicted molar refractivity (Wildman–Crippen MR) is 397 cm³/mol. The van der Waals surface area contributed by atoms with Crippen LogP contribution in [-0.4, -0.2) is 169 Å². The van der Waals surface area contributed by atoms with Gasteiger partial charge in [0.2, 0.25) is 0 Å². The SMILES string of the molecule is CC(=O)OC[C@H]1O[C@@H](NC(=S)NCCOc2c3cc(C(C)(C)C)cc2Cc2cc(C(C)(C)C)cc(c2O)Cc2cc(C(C)(C)C)cc(c2OCCNC(=S)N[C@@H]2O[C@H](COC(C)=O)[C@@H](OC(C)=O)[C@H](OC(C)=O)[C@H]2OC(C)=O)Cc2cc(C(C)(C)C)cc(c2O)C3)[C@H](OC(C)=O)[C@@H](OC(C)=O)[C@@H]1OC(C)=O. The summed E-state index contributed by atoms with van der Waals surface area (Å²) in [6.45, 7) is 33.7. The summed E-state index contributed by atoms with van der Waals surface area (Å²) in [4.78, 5) is 99.5. The van der Waals surface area contributed by atoms with Crippen LogP contribution in [0.4, 0.5) is 0 Å². The van der Waals surface area contributed by atoms with Gasteiger partial charge < -0.3 is 88.3 Å². The Bertz CT molecular complexity index is 3610. The summed E-state index contributed by atoms with van der Waals surface area (Å²) in [5.74, 6) is -4.95. The molecule has 2 heterocycles. The van der Waals surface area contributed by atoms with E-state index in [0.29, 0.717) is 33.8 Å². The van der Waals surface area contributed by atoms with Crippen molar-refractivity contribution in [3.05, 3.63) is 115 Å². The normalized spacial score (nSPS) is 20.9. The van der Waals surface area contributed by atoms with Gasteiger partial charge in [-0.1, -0.05) is 132 Å². The Balaban J connectivity index is 1.29. The first-order chi connectivity index (χ1) is 49.3. The number of rotatable bonds is 20. The number of carbonyl (C=O) groups excluding carboxylic acids is 8. The minimum atomic E-state index is -1.44. The second-order valence-electron chi connectivity index (χ2n) is 31.0. The number of phenols is 2. The van der Waals surface area contributed by atoms with Gasteiger partial charge in [-0.15, -0.1) is 0 Å². The number of hydrogen-bond acceptors (Lipinski definition) is 24. The molecule has 3 aliphatic rings. The number of thiocarbonyl (C=S) groups is 2. The lowest BCUT2D eigenvalue weighted by Gasteiger charge is -2.44. The summed E-state index contributed by atoms with van der Waals surface area (Å²) in [7, 11) is 0. The Morgan fingerprint density at radius 3 is 0.849 bits per heavy atom. The third-order valence-corrected chi connectivity index (χ3v) is 18.3. The number of hydrogen-bond donors (Lipinski definition) is 6. The molecule has 28 heteroatoms. The number of nitrogens with one attached hydrogen (secondary N) is 4. The van der Waals surface area contributed by atoms with Gasteiger partial charge in [-0.2, -0.15) is 0 Å². The molecule has 106 heavy (non-hydrogen) atoms. The number of aromatic hydroxyl groups is 2. The van der Waals surface area contributed by atoms with E-state index < -0.39 is 144 Å². The molecular formula is C78H104N4O22S2. The smallest absolute Gasteiger partial charge is 0.303 e. The highest BCUT2D eigenvalue weighted by molar-refractivity contribution is 7.80. The Kier molecular flexibility index (Phi) is 28.1. The zero-order valence-electron chi connectivity index (χ0n) is 64.3. The molecule has 7 rings (SSSR count). The summed E-state index contributed by atoms with van der Waals surface area (Å²) in [5.41, 5.74) is 7.53. The molecule has 0 aromatic heterocycles. The molecule has 2 saturated heterocycles. The molecular weight excluding hydrogens is 1410 g/mol. The minimum absolute atomic E-state index is 0.0124. The quantitative estimate of drug-likeness (QED) is 0.0183. The molecule has 0 saturated carbocycles. The number of carbonyl (C=O) groups is 8. The largest absolute Gasteiger partial charge is 0.507 e. The average Bonchev–Trinajstić information content (AvgIpc) is 0.758. The van der Waals surface area contributed by atoms with E-state index in [-0.39, 0.29) is 73.7 Å². The van der Waals surface area contributed by atoms with Gasteiger partial charge in [0.25, 0.3) is 0 Å². The summed E-state index contributed by atoms with van der Waals surface area (Å²) in [6, 6.07) is 16.5. The number of ether oxygens (including phenoxy) is 12. The molecule has 4 aromatic carbocycles. The number of benzene rings is 4. The molecule has 10 atom stereocenters. The van der Waals surface area contributed by atoms with Crippen molar-refractivity contribution < 1.29 is 105 Å². The van der Waals surface area contributed by atoms with Crippen molar-refractivity contribution in [1.82, 2.24) is 21.3 Å². The van der Waals surface area contributed by atoms with Gasteiger partial charge in [-0.3, -0.25) is 38.4 Å². The number of phenolic OH excluding ortho intramolecular Hbond substituents is 2. The van der Waals surface area contributed by atoms with E-state index in [0.717, 1.165) is 86.1 Å². The topological polar surface area (TPSA) is 336 Å². The fourth-order valence-corrected chi connectivity index (χ4v) is 13.1. The van der Waals surface area contributed by atoms with E-state index in [1.165, 1.54) is 13.8 Å². The van der Waals surface area contributed by atoms with Crippen LogP contribution >= 0.6 is 24.4 Å².